The number of pyridine rings is 1. The fourth-order valence-electron chi connectivity index (χ4n) is 0.886. The molecule has 0 aliphatic heterocycles. The second kappa shape index (κ2) is 4.31. The van der Waals surface area contributed by atoms with Crippen LogP contribution in [0.3, 0.4) is 0 Å². The van der Waals surface area contributed by atoms with Crippen LogP contribution >= 0.6 is 11.6 Å². The summed E-state index contributed by atoms with van der Waals surface area (Å²) in [6.45, 7) is 0. The Bertz CT molecular complexity index is 197. The molecule has 11 heavy (non-hydrogen) atoms. The van der Waals surface area contributed by atoms with Crippen LogP contribution in [-0.4, -0.2) is 17.9 Å². The van der Waals surface area contributed by atoms with Gasteiger partial charge in [-0.25, -0.2) is 0 Å². The average Bonchev–Trinajstić information content (AvgIpc) is 2.09. The predicted octanol–water partition coefficient (Wildman–Crippen LogP) is 1.58. The largest absolute Gasteiger partial charge is 0.311 e. The van der Waals surface area contributed by atoms with Gasteiger partial charge in [0.05, 0.1) is 11.7 Å². The van der Waals surface area contributed by atoms with Crippen molar-refractivity contribution in [3.63, 3.8) is 0 Å². The number of rotatable bonds is 3. The van der Waals surface area contributed by atoms with Gasteiger partial charge in [-0.2, -0.15) is 0 Å². The van der Waals surface area contributed by atoms with Gasteiger partial charge in [0.2, 0.25) is 0 Å². The molecule has 0 saturated heterocycles. The number of hydrogen-bond acceptors (Lipinski definition) is 2. The highest BCUT2D eigenvalue weighted by Gasteiger charge is 2.06. The topological polar surface area (TPSA) is 24.9 Å². The van der Waals surface area contributed by atoms with E-state index in [4.69, 9.17) is 11.6 Å². The van der Waals surface area contributed by atoms with Crippen LogP contribution in [0.5, 0.6) is 0 Å². The number of halogens is 1. The zero-order valence-electron chi connectivity index (χ0n) is 6.42. The lowest BCUT2D eigenvalue weighted by atomic mass is 10.2. The van der Waals surface area contributed by atoms with Gasteiger partial charge in [-0.15, -0.1) is 11.6 Å². The number of aromatic nitrogens is 1. The van der Waals surface area contributed by atoms with E-state index in [-0.39, 0.29) is 6.04 Å². The Kier molecular flexibility index (Phi) is 3.33. The number of nitrogens with one attached hydrogen (secondary N) is 1. The summed E-state index contributed by atoms with van der Waals surface area (Å²) < 4.78 is 0. The van der Waals surface area contributed by atoms with E-state index in [0.717, 1.165) is 5.69 Å². The molecule has 0 fully saturated rings. The zero-order chi connectivity index (χ0) is 8.10. The van der Waals surface area contributed by atoms with Crippen molar-refractivity contribution in [3.8, 4) is 0 Å². The first-order valence-corrected chi connectivity index (χ1v) is 4.06. The standard InChI is InChI=1S/C8H11ClN2/c1-10-8(6-9)7-4-2-3-5-11-7/h2-5,8,10H,6H2,1H3. The molecule has 1 heterocycles. The highest BCUT2D eigenvalue weighted by atomic mass is 35.5. The summed E-state index contributed by atoms with van der Waals surface area (Å²) in [5.41, 5.74) is 0.991. The van der Waals surface area contributed by atoms with Gasteiger partial charge in [0, 0.05) is 12.1 Å². The van der Waals surface area contributed by atoms with Gasteiger partial charge in [0.1, 0.15) is 0 Å². The van der Waals surface area contributed by atoms with Gasteiger partial charge in [-0.3, -0.25) is 4.98 Å². The van der Waals surface area contributed by atoms with Gasteiger partial charge >= 0.3 is 0 Å². The van der Waals surface area contributed by atoms with Crippen LogP contribution in [0, 0.1) is 0 Å². The van der Waals surface area contributed by atoms with E-state index in [1.807, 2.05) is 25.2 Å². The van der Waals surface area contributed by atoms with Crippen LogP contribution < -0.4 is 5.32 Å². The Hall–Kier alpha value is -0.600. The molecule has 60 valence electrons. The molecule has 1 unspecified atom stereocenters. The molecule has 0 aromatic carbocycles. The fraction of sp³-hybridized carbons (Fsp3) is 0.375. The molecule has 0 bridgehead atoms. The summed E-state index contributed by atoms with van der Waals surface area (Å²) >= 11 is 5.70. The van der Waals surface area contributed by atoms with E-state index >= 15 is 0 Å². The Balaban J connectivity index is 2.74. The maximum absolute atomic E-state index is 5.70. The molecule has 1 N–H and O–H groups in total. The molecule has 0 saturated carbocycles. The number of hydrogen-bond donors (Lipinski definition) is 1. The molecule has 3 heteroatoms. The van der Waals surface area contributed by atoms with Crippen molar-refractivity contribution in [2.24, 2.45) is 0 Å². The third kappa shape index (κ3) is 2.17. The van der Waals surface area contributed by atoms with Crippen molar-refractivity contribution in [1.29, 1.82) is 0 Å². The van der Waals surface area contributed by atoms with E-state index in [2.05, 4.69) is 10.3 Å². The SMILES string of the molecule is CNC(CCl)c1ccccn1. The Morgan fingerprint density at radius 3 is 2.91 bits per heavy atom. The first-order chi connectivity index (χ1) is 5.38. The van der Waals surface area contributed by atoms with Crippen LogP contribution in [-0.2, 0) is 0 Å². The minimum absolute atomic E-state index is 0.165. The lowest BCUT2D eigenvalue weighted by Gasteiger charge is -2.10. The molecule has 0 amide bonds. The molecule has 0 spiro atoms. The van der Waals surface area contributed by atoms with Gasteiger partial charge in [-0.1, -0.05) is 6.07 Å². The molecular formula is C8H11ClN2. The highest BCUT2D eigenvalue weighted by molar-refractivity contribution is 6.18. The minimum Gasteiger partial charge on any atom is -0.311 e. The quantitative estimate of drug-likeness (QED) is 0.697. The summed E-state index contributed by atoms with van der Waals surface area (Å²) in [4.78, 5) is 4.17. The van der Waals surface area contributed by atoms with Crippen LogP contribution in [0.4, 0.5) is 0 Å². The number of nitrogens with zero attached hydrogens (tertiary/aromatic N) is 1. The second-order valence-electron chi connectivity index (χ2n) is 2.25. The Morgan fingerprint density at radius 1 is 1.64 bits per heavy atom. The molecule has 1 atom stereocenters. The monoisotopic (exact) mass is 170 g/mol. The first kappa shape index (κ1) is 8.50. The van der Waals surface area contributed by atoms with E-state index in [1.165, 1.54) is 0 Å². The van der Waals surface area contributed by atoms with Crippen LogP contribution in [0.15, 0.2) is 24.4 Å². The van der Waals surface area contributed by atoms with Crippen molar-refractivity contribution in [1.82, 2.24) is 10.3 Å². The Morgan fingerprint density at radius 2 is 2.45 bits per heavy atom. The van der Waals surface area contributed by atoms with Crippen LogP contribution in [0.1, 0.15) is 11.7 Å². The van der Waals surface area contributed by atoms with E-state index in [0.29, 0.717) is 5.88 Å². The third-order valence-corrected chi connectivity index (χ3v) is 1.86. The van der Waals surface area contributed by atoms with E-state index in [1.54, 1.807) is 6.20 Å². The molecule has 0 aliphatic rings. The molecule has 2 nitrogen and oxygen atoms in total. The van der Waals surface area contributed by atoms with E-state index in [9.17, 15) is 0 Å². The lowest BCUT2D eigenvalue weighted by Crippen LogP contribution is -2.18. The predicted molar refractivity (Wildman–Crippen MR) is 46.8 cm³/mol. The summed E-state index contributed by atoms with van der Waals surface area (Å²) in [7, 11) is 1.88. The van der Waals surface area contributed by atoms with Gasteiger partial charge in [0.15, 0.2) is 0 Å². The highest BCUT2D eigenvalue weighted by Crippen LogP contribution is 2.09. The Labute approximate surface area is 71.6 Å². The van der Waals surface area contributed by atoms with Crippen molar-refractivity contribution in [2.75, 3.05) is 12.9 Å². The summed E-state index contributed by atoms with van der Waals surface area (Å²) in [6.07, 6.45) is 1.77. The molecule has 0 aliphatic carbocycles. The summed E-state index contributed by atoms with van der Waals surface area (Å²) in [5, 5.41) is 3.07. The molecule has 1 aromatic heterocycles. The summed E-state index contributed by atoms with van der Waals surface area (Å²) in [5.74, 6) is 0.549. The second-order valence-corrected chi connectivity index (χ2v) is 2.56. The maximum Gasteiger partial charge on any atom is 0.0630 e. The lowest BCUT2D eigenvalue weighted by molar-refractivity contribution is 0.639. The van der Waals surface area contributed by atoms with E-state index < -0.39 is 0 Å². The number of alkyl halides is 1. The zero-order valence-corrected chi connectivity index (χ0v) is 7.17. The average molecular weight is 171 g/mol. The smallest absolute Gasteiger partial charge is 0.0630 e. The van der Waals surface area contributed by atoms with Crippen molar-refractivity contribution < 1.29 is 0 Å². The molecule has 0 radical (unpaired) electrons. The normalized spacial score (nSPS) is 12.9. The van der Waals surface area contributed by atoms with Gasteiger partial charge < -0.3 is 5.32 Å². The molecular weight excluding hydrogens is 160 g/mol. The van der Waals surface area contributed by atoms with Crippen molar-refractivity contribution in [3.05, 3.63) is 30.1 Å². The maximum atomic E-state index is 5.70. The van der Waals surface area contributed by atoms with Crippen LogP contribution in [0.2, 0.25) is 0 Å². The van der Waals surface area contributed by atoms with Crippen molar-refractivity contribution in [2.45, 2.75) is 6.04 Å². The summed E-state index contributed by atoms with van der Waals surface area (Å²) in [6, 6.07) is 5.98. The first-order valence-electron chi connectivity index (χ1n) is 3.52. The van der Waals surface area contributed by atoms with Gasteiger partial charge in [-0.05, 0) is 19.2 Å². The third-order valence-electron chi connectivity index (χ3n) is 1.55. The molecule has 1 aromatic rings. The minimum atomic E-state index is 0.165. The van der Waals surface area contributed by atoms with Crippen molar-refractivity contribution >= 4 is 11.6 Å². The van der Waals surface area contributed by atoms with Gasteiger partial charge in [0.25, 0.3) is 0 Å². The molecule has 1 rings (SSSR count). The fourth-order valence-corrected chi connectivity index (χ4v) is 1.20. The van der Waals surface area contributed by atoms with Crippen LogP contribution in [0.25, 0.3) is 0 Å².